The summed E-state index contributed by atoms with van der Waals surface area (Å²) in [6.07, 6.45) is 94.6. The molecule has 1 atom stereocenters. The zero-order valence-corrected chi connectivity index (χ0v) is 52.0. The first-order valence-electron chi connectivity index (χ1n) is 33.2. The van der Waals surface area contributed by atoms with E-state index in [9.17, 15) is 14.4 Å². The van der Waals surface area contributed by atoms with Gasteiger partial charge in [-0.05, 0) is 135 Å². The smallest absolute Gasteiger partial charge is 0.306 e. The molecule has 0 aliphatic rings. The van der Waals surface area contributed by atoms with Crippen LogP contribution in [0, 0.1) is 0 Å². The molecule has 1 unspecified atom stereocenters. The Kier molecular flexibility index (Phi) is 63.3. The Bertz CT molecular complexity index is 1700. The summed E-state index contributed by atoms with van der Waals surface area (Å²) in [4.78, 5) is 38.3. The van der Waals surface area contributed by atoms with Gasteiger partial charge in [0.1, 0.15) is 13.2 Å². The van der Waals surface area contributed by atoms with Crippen molar-refractivity contribution in [1.82, 2.24) is 0 Å². The van der Waals surface area contributed by atoms with Crippen molar-refractivity contribution in [3.63, 3.8) is 0 Å². The van der Waals surface area contributed by atoms with Gasteiger partial charge in [-0.1, -0.05) is 276 Å². The van der Waals surface area contributed by atoms with Crippen molar-refractivity contribution in [2.45, 2.75) is 303 Å². The number of esters is 3. The van der Waals surface area contributed by atoms with Crippen molar-refractivity contribution in [2.75, 3.05) is 13.2 Å². The van der Waals surface area contributed by atoms with Gasteiger partial charge in [-0.2, -0.15) is 0 Å². The number of carbonyl (C=O) groups is 3. The molecule has 0 radical (unpaired) electrons. The molecule has 6 heteroatoms. The third-order valence-electron chi connectivity index (χ3n) is 13.9. The van der Waals surface area contributed by atoms with Crippen molar-refractivity contribution < 1.29 is 28.6 Å². The Morgan fingerprint density at radius 2 is 0.487 bits per heavy atom. The fourth-order valence-corrected chi connectivity index (χ4v) is 8.96. The highest BCUT2D eigenvalue weighted by molar-refractivity contribution is 5.71. The fraction of sp³-hybridized carbons (Fsp3) is 0.662. The highest BCUT2D eigenvalue weighted by atomic mass is 16.6. The third kappa shape index (κ3) is 64.4. The number of hydrogen-bond acceptors (Lipinski definition) is 6. The molecule has 0 aromatic rings. The molecule has 0 spiro atoms. The first kappa shape index (κ1) is 75.5. The van der Waals surface area contributed by atoms with Gasteiger partial charge in [-0.3, -0.25) is 14.4 Å². The van der Waals surface area contributed by atoms with Crippen LogP contribution in [0.4, 0.5) is 0 Å². The lowest BCUT2D eigenvalue weighted by Gasteiger charge is -2.18. The maximum Gasteiger partial charge on any atom is 0.306 e. The molecule has 80 heavy (non-hydrogen) atoms. The quantitative estimate of drug-likeness (QED) is 0.0261. The van der Waals surface area contributed by atoms with Gasteiger partial charge in [0.15, 0.2) is 6.10 Å². The van der Waals surface area contributed by atoms with Crippen molar-refractivity contribution in [3.8, 4) is 0 Å². The van der Waals surface area contributed by atoms with Crippen LogP contribution in [0.5, 0.6) is 0 Å². The number of carbonyl (C=O) groups excluding carboxylic acids is 3. The highest BCUT2D eigenvalue weighted by Crippen LogP contribution is 2.16. The standard InChI is InChI=1S/C74H122O6/c1-4-7-10-13-16-19-22-25-28-30-31-32-33-34-35-36-37-38-39-40-41-42-43-45-46-49-52-55-58-61-64-67-73(76)79-70-71(69-78-72(75)66-63-60-57-54-51-48-27-24-21-18-15-12-9-6-3)80-74(77)68-65-62-59-56-53-50-47-44-29-26-23-20-17-14-11-8-5-2/h7-8,10-11,16-17,19-20,24-29,31-32,34-35,37-38,47,50,71H,4-6,9,12-15,18,21-23,30,33,36,39-46,48-49,51-70H2,1-3H3/b10-7-,11-8-,19-16-,20-17-,27-24-,28-25-,29-26-,32-31-,35-34-,38-37-,50-47-. The Labute approximate surface area is 494 Å². The lowest BCUT2D eigenvalue weighted by atomic mass is 10.0. The molecule has 0 bridgehead atoms. The van der Waals surface area contributed by atoms with Gasteiger partial charge in [-0.25, -0.2) is 0 Å². The minimum absolute atomic E-state index is 0.0937. The van der Waals surface area contributed by atoms with Crippen LogP contribution in [0.3, 0.4) is 0 Å². The van der Waals surface area contributed by atoms with E-state index in [0.29, 0.717) is 19.3 Å². The van der Waals surface area contributed by atoms with Crippen LogP contribution in [0.15, 0.2) is 134 Å². The summed E-state index contributed by atoms with van der Waals surface area (Å²) in [5, 5.41) is 0. The molecular formula is C74H122O6. The largest absolute Gasteiger partial charge is 0.462 e. The first-order chi connectivity index (χ1) is 39.5. The highest BCUT2D eigenvalue weighted by Gasteiger charge is 2.19. The average molecular weight is 1110 g/mol. The van der Waals surface area contributed by atoms with Crippen molar-refractivity contribution in [3.05, 3.63) is 134 Å². The normalized spacial score (nSPS) is 13.0. The Hall–Kier alpha value is -4.45. The second kappa shape index (κ2) is 67.1. The molecule has 0 heterocycles. The predicted octanol–water partition coefficient (Wildman–Crippen LogP) is 22.9. The summed E-state index contributed by atoms with van der Waals surface area (Å²) < 4.78 is 16.9. The van der Waals surface area contributed by atoms with Gasteiger partial charge in [0.25, 0.3) is 0 Å². The molecule has 0 aliphatic heterocycles. The van der Waals surface area contributed by atoms with E-state index in [1.807, 2.05) is 0 Å². The second-order valence-electron chi connectivity index (χ2n) is 21.6. The fourth-order valence-electron chi connectivity index (χ4n) is 8.96. The summed E-state index contributed by atoms with van der Waals surface area (Å²) >= 11 is 0. The monoisotopic (exact) mass is 1110 g/mol. The summed E-state index contributed by atoms with van der Waals surface area (Å²) in [5.41, 5.74) is 0. The Morgan fingerprint density at radius 3 is 0.775 bits per heavy atom. The molecule has 0 aromatic heterocycles. The Balaban J connectivity index is 4.30. The van der Waals surface area contributed by atoms with Gasteiger partial charge >= 0.3 is 17.9 Å². The predicted molar refractivity (Wildman–Crippen MR) is 348 cm³/mol. The van der Waals surface area contributed by atoms with Crippen LogP contribution in [0.2, 0.25) is 0 Å². The van der Waals surface area contributed by atoms with E-state index in [2.05, 4.69) is 154 Å². The maximum absolute atomic E-state index is 12.9. The van der Waals surface area contributed by atoms with Crippen LogP contribution in [-0.4, -0.2) is 37.2 Å². The number of hydrogen-bond donors (Lipinski definition) is 0. The van der Waals surface area contributed by atoms with E-state index >= 15 is 0 Å². The summed E-state index contributed by atoms with van der Waals surface area (Å²) in [7, 11) is 0. The van der Waals surface area contributed by atoms with Gasteiger partial charge in [0.05, 0.1) is 0 Å². The molecule has 0 aromatic carbocycles. The molecule has 6 nitrogen and oxygen atoms in total. The topological polar surface area (TPSA) is 78.9 Å². The minimum atomic E-state index is -0.800. The number of rotatable bonds is 59. The van der Waals surface area contributed by atoms with Gasteiger partial charge in [0.2, 0.25) is 0 Å². The second-order valence-corrected chi connectivity index (χ2v) is 21.6. The van der Waals surface area contributed by atoms with Crippen LogP contribution in [-0.2, 0) is 28.6 Å². The molecular weight excluding hydrogens is 985 g/mol. The molecule has 0 saturated carbocycles. The number of ether oxygens (including phenoxy) is 3. The lowest BCUT2D eigenvalue weighted by molar-refractivity contribution is -0.167. The van der Waals surface area contributed by atoms with E-state index in [4.69, 9.17) is 14.2 Å². The van der Waals surface area contributed by atoms with Crippen LogP contribution >= 0.6 is 0 Å². The van der Waals surface area contributed by atoms with Gasteiger partial charge in [0, 0.05) is 19.3 Å². The van der Waals surface area contributed by atoms with Crippen molar-refractivity contribution in [1.29, 1.82) is 0 Å². The van der Waals surface area contributed by atoms with Crippen molar-refractivity contribution >= 4 is 17.9 Å². The summed E-state index contributed by atoms with van der Waals surface area (Å²) in [5.74, 6) is -0.924. The lowest BCUT2D eigenvalue weighted by Crippen LogP contribution is -2.30. The van der Waals surface area contributed by atoms with E-state index in [-0.39, 0.29) is 31.1 Å². The van der Waals surface area contributed by atoms with Gasteiger partial charge < -0.3 is 14.2 Å². The maximum atomic E-state index is 12.9. The number of unbranched alkanes of at least 4 members (excludes halogenated alkanes) is 26. The molecule has 0 rings (SSSR count). The SMILES string of the molecule is CC/C=C\C/C=C\C/C=C\C/C=C\C/C=C\C/C=C\CCCCCCCCCCCCCCC(=O)OCC(COC(=O)CCCCCCC/C=C\CCCCCCC)OC(=O)CCCCCC/C=C\C/C=C\C/C=C\C/C=C\CC. The van der Waals surface area contributed by atoms with Crippen molar-refractivity contribution in [2.24, 2.45) is 0 Å². The van der Waals surface area contributed by atoms with E-state index in [1.165, 1.54) is 116 Å². The van der Waals surface area contributed by atoms with Crippen LogP contribution in [0.25, 0.3) is 0 Å². The van der Waals surface area contributed by atoms with Crippen LogP contribution in [0.1, 0.15) is 297 Å². The van der Waals surface area contributed by atoms with E-state index in [1.54, 1.807) is 0 Å². The van der Waals surface area contributed by atoms with E-state index < -0.39 is 6.10 Å². The molecule has 0 fully saturated rings. The molecule has 0 saturated heterocycles. The average Bonchev–Trinajstić information content (AvgIpc) is 3.46. The summed E-state index contributed by atoms with van der Waals surface area (Å²) in [6.45, 7) is 6.39. The van der Waals surface area contributed by atoms with Crippen LogP contribution < -0.4 is 0 Å². The molecule has 0 N–H and O–H groups in total. The van der Waals surface area contributed by atoms with E-state index in [0.717, 1.165) is 141 Å². The molecule has 0 aliphatic carbocycles. The summed E-state index contributed by atoms with van der Waals surface area (Å²) in [6, 6.07) is 0. The van der Waals surface area contributed by atoms with Gasteiger partial charge in [-0.15, -0.1) is 0 Å². The third-order valence-corrected chi connectivity index (χ3v) is 13.9. The molecule has 454 valence electrons. The first-order valence-corrected chi connectivity index (χ1v) is 33.2. The number of allylic oxidation sites excluding steroid dienone is 22. The Morgan fingerprint density at radius 1 is 0.263 bits per heavy atom. The zero-order chi connectivity index (χ0) is 57.8. The molecule has 0 amide bonds. The zero-order valence-electron chi connectivity index (χ0n) is 52.0. The minimum Gasteiger partial charge on any atom is -0.462 e.